The van der Waals surface area contributed by atoms with E-state index in [9.17, 15) is 9.59 Å². The van der Waals surface area contributed by atoms with E-state index in [4.69, 9.17) is 9.47 Å². The second-order valence-corrected chi connectivity index (χ2v) is 6.87. The molecule has 3 heterocycles. The second-order valence-electron chi connectivity index (χ2n) is 6.87. The van der Waals surface area contributed by atoms with Crippen molar-refractivity contribution in [1.82, 2.24) is 10.3 Å². The summed E-state index contributed by atoms with van der Waals surface area (Å²) in [5, 5.41) is 5.33. The van der Waals surface area contributed by atoms with Crippen LogP contribution in [0, 0.1) is 5.92 Å². The number of anilines is 2. The molecule has 8 nitrogen and oxygen atoms in total. The molecular weight excluding hydrogens is 360 g/mol. The molecule has 4 rings (SSSR count). The molecule has 0 saturated carbocycles. The Morgan fingerprint density at radius 2 is 1.79 bits per heavy atom. The Balaban J connectivity index is 1.22. The van der Waals surface area contributed by atoms with Crippen molar-refractivity contribution >= 4 is 23.2 Å². The highest BCUT2D eigenvalue weighted by atomic mass is 16.7. The third kappa shape index (κ3) is 4.16. The Labute approximate surface area is 162 Å². The monoisotopic (exact) mass is 382 g/mol. The van der Waals surface area contributed by atoms with E-state index in [2.05, 4.69) is 20.5 Å². The second kappa shape index (κ2) is 8.16. The highest BCUT2D eigenvalue weighted by Crippen LogP contribution is 2.34. The summed E-state index contributed by atoms with van der Waals surface area (Å²) in [4.78, 5) is 30.6. The Morgan fingerprint density at radius 1 is 1.04 bits per heavy atom. The van der Waals surface area contributed by atoms with Gasteiger partial charge in [-0.1, -0.05) is 0 Å². The van der Waals surface area contributed by atoms with Crippen LogP contribution >= 0.6 is 0 Å². The number of rotatable bonds is 4. The summed E-state index contributed by atoms with van der Waals surface area (Å²) in [6.07, 6.45) is 5.51. The number of hydrogen-bond acceptors (Lipinski definition) is 6. The largest absolute Gasteiger partial charge is 0.454 e. The fourth-order valence-corrected chi connectivity index (χ4v) is 3.43. The number of hydrogen-bond donors (Lipinski definition) is 2. The van der Waals surface area contributed by atoms with Crippen molar-refractivity contribution in [3.05, 3.63) is 42.7 Å². The van der Waals surface area contributed by atoms with Crippen molar-refractivity contribution in [1.29, 1.82) is 0 Å². The lowest BCUT2D eigenvalue weighted by Gasteiger charge is -2.33. The quantitative estimate of drug-likeness (QED) is 0.783. The van der Waals surface area contributed by atoms with E-state index >= 15 is 0 Å². The number of carbonyl (C=O) groups excluding carboxylic acids is 2. The number of benzene rings is 1. The van der Waals surface area contributed by atoms with Crippen LogP contribution in [0.25, 0.3) is 0 Å². The van der Waals surface area contributed by atoms with Crippen molar-refractivity contribution in [2.75, 3.05) is 36.6 Å². The number of nitrogens with zero attached hydrogens (tertiary/aromatic N) is 2. The minimum absolute atomic E-state index is 0.160. The predicted molar refractivity (Wildman–Crippen MR) is 103 cm³/mol. The third-order valence-corrected chi connectivity index (χ3v) is 5.03. The van der Waals surface area contributed by atoms with Crippen molar-refractivity contribution in [3.8, 4) is 11.5 Å². The molecule has 8 heteroatoms. The topological polar surface area (TPSA) is 92.8 Å². The van der Waals surface area contributed by atoms with Gasteiger partial charge in [-0.3, -0.25) is 14.6 Å². The highest BCUT2D eigenvalue weighted by molar-refractivity contribution is 6.39. The smallest absolute Gasteiger partial charge is 0.313 e. The van der Waals surface area contributed by atoms with Gasteiger partial charge in [-0.15, -0.1) is 0 Å². The molecule has 2 N–H and O–H groups in total. The summed E-state index contributed by atoms with van der Waals surface area (Å²) >= 11 is 0. The maximum atomic E-state index is 12.1. The average Bonchev–Trinajstić information content (AvgIpc) is 3.21. The molecule has 0 unspecified atom stereocenters. The van der Waals surface area contributed by atoms with Gasteiger partial charge in [-0.25, -0.2) is 0 Å². The lowest BCUT2D eigenvalue weighted by atomic mass is 9.96. The Bertz CT molecular complexity index is 851. The Kier molecular flexibility index (Phi) is 5.27. The van der Waals surface area contributed by atoms with Gasteiger partial charge in [-0.05, 0) is 43.0 Å². The SMILES string of the molecule is O=C(NCC1CCN(c2ccncc2)CC1)C(=O)Nc1ccc2c(c1)OCO2. The maximum Gasteiger partial charge on any atom is 0.313 e. The van der Waals surface area contributed by atoms with E-state index in [0.717, 1.165) is 25.9 Å². The molecule has 1 fully saturated rings. The first-order chi connectivity index (χ1) is 13.7. The minimum atomic E-state index is -0.687. The van der Waals surface area contributed by atoms with Gasteiger partial charge in [0.1, 0.15) is 0 Å². The fourth-order valence-electron chi connectivity index (χ4n) is 3.43. The first-order valence-electron chi connectivity index (χ1n) is 9.33. The number of ether oxygens (including phenoxy) is 2. The molecule has 0 radical (unpaired) electrons. The van der Waals surface area contributed by atoms with Gasteiger partial charge in [0.15, 0.2) is 11.5 Å². The van der Waals surface area contributed by atoms with Crippen LogP contribution in [0.5, 0.6) is 11.5 Å². The van der Waals surface area contributed by atoms with Gasteiger partial charge in [0.05, 0.1) is 0 Å². The van der Waals surface area contributed by atoms with Gasteiger partial charge < -0.3 is 25.0 Å². The lowest BCUT2D eigenvalue weighted by molar-refractivity contribution is -0.136. The molecule has 0 aliphatic carbocycles. The van der Waals surface area contributed by atoms with Gasteiger partial charge in [0.25, 0.3) is 0 Å². The van der Waals surface area contributed by atoms with Crippen LogP contribution < -0.4 is 25.0 Å². The molecule has 28 heavy (non-hydrogen) atoms. The minimum Gasteiger partial charge on any atom is -0.454 e. The molecule has 2 aliphatic rings. The first-order valence-corrected chi connectivity index (χ1v) is 9.33. The van der Waals surface area contributed by atoms with Crippen molar-refractivity contribution in [3.63, 3.8) is 0 Å². The van der Waals surface area contributed by atoms with Crippen molar-refractivity contribution in [2.45, 2.75) is 12.8 Å². The van der Waals surface area contributed by atoms with Crippen LogP contribution in [0.4, 0.5) is 11.4 Å². The standard InChI is InChI=1S/C20H22N4O4/c25-19(20(26)23-15-1-2-17-18(11-15)28-13-27-17)22-12-14-5-9-24(10-6-14)16-3-7-21-8-4-16/h1-4,7-8,11,14H,5-6,9-10,12-13H2,(H,22,25)(H,23,26). The number of nitrogens with one attached hydrogen (secondary N) is 2. The van der Waals surface area contributed by atoms with Crippen LogP contribution in [0.1, 0.15) is 12.8 Å². The van der Waals surface area contributed by atoms with E-state index in [1.165, 1.54) is 5.69 Å². The molecule has 2 aliphatic heterocycles. The van der Waals surface area contributed by atoms with Gasteiger partial charge in [0, 0.05) is 49.5 Å². The molecule has 2 amide bonds. The average molecular weight is 382 g/mol. The van der Waals surface area contributed by atoms with Gasteiger partial charge in [-0.2, -0.15) is 0 Å². The van der Waals surface area contributed by atoms with Crippen LogP contribution in [0.15, 0.2) is 42.7 Å². The van der Waals surface area contributed by atoms with E-state index in [1.807, 2.05) is 12.1 Å². The third-order valence-electron chi connectivity index (χ3n) is 5.03. The summed E-state index contributed by atoms with van der Waals surface area (Å²) in [7, 11) is 0. The van der Waals surface area contributed by atoms with Crippen molar-refractivity contribution < 1.29 is 19.1 Å². The van der Waals surface area contributed by atoms with Crippen LogP contribution in [-0.4, -0.2) is 43.2 Å². The van der Waals surface area contributed by atoms with Crippen LogP contribution in [0.2, 0.25) is 0 Å². The van der Waals surface area contributed by atoms with E-state index in [-0.39, 0.29) is 6.79 Å². The number of aromatic nitrogens is 1. The highest BCUT2D eigenvalue weighted by Gasteiger charge is 2.22. The summed E-state index contributed by atoms with van der Waals surface area (Å²) in [5.74, 6) is 0.224. The predicted octanol–water partition coefficient (Wildman–Crippen LogP) is 1.78. The van der Waals surface area contributed by atoms with E-state index in [0.29, 0.717) is 29.6 Å². The first kappa shape index (κ1) is 18.1. The summed E-state index contributed by atoms with van der Waals surface area (Å²) < 4.78 is 10.5. The zero-order valence-electron chi connectivity index (χ0n) is 15.4. The fraction of sp³-hybridized carbons (Fsp3) is 0.350. The molecule has 0 spiro atoms. The summed E-state index contributed by atoms with van der Waals surface area (Å²) in [6, 6.07) is 9.02. The number of piperidine rings is 1. The number of pyridine rings is 1. The molecular formula is C20H22N4O4. The van der Waals surface area contributed by atoms with Crippen molar-refractivity contribution in [2.24, 2.45) is 5.92 Å². The normalized spacial score (nSPS) is 15.9. The zero-order valence-corrected chi connectivity index (χ0v) is 15.4. The summed E-state index contributed by atoms with van der Waals surface area (Å²) in [5.41, 5.74) is 1.66. The van der Waals surface area contributed by atoms with E-state index < -0.39 is 11.8 Å². The molecule has 2 aromatic rings. The Morgan fingerprint density at radius 3 is 2.57 bits per heavy atom. The van der Waals surface area contributed by atoms with Gasteiger partial charge >= 0.3 is 11.8 Å². The van der Waals surface area contributed by atoms with Crippen LogP contribution in [-0.2, 0) is 9.59 Å². The summed E-state index contributed by atoms with van der Waals surface area (Å²) in [6.45, 7) is 2.51. The van der Waals surface area contributed by atoms with Crippen LogP contribution in [0.3, 0.4) is 0 Å². The number of amides is 2. The Hall–Kier alpha value is -3.29. The molecule has 0 atom stereocenters. The molecule has 1 aromatic carbocycles. The van der Waals surface area contributed by atoms with Gasteiger partial charge in [0.2, 0.25) is 6.79 Å². The zero-order chi connectivity index (χ0) is 19.3. The maximum absolute atomic E-state index is 12.1. The molecule has 1 saturated heterocycles. The number of fused-ring (bicyclic) bond motifs is 1. The molecule has 146 valence electrons. The lowest BCUT2D eigenvalue weighted by Crippen LogP contribution is -2.41. The number of carbonyl (C=O) groups is 2. The molecule has 1 aromatic heterocycles. The van der Waals surface area contributed by atoms with E-state index in [1.54, 1.807) is 30.6 Å². The molecule has 0 bridgehead atoms.